The molecule has 9 heteroatoms. The average molecular weight is 432 g/mol. The molecule has 1 aliphatic rings. The second kappa shape index (κ2) is 10.1. The lowest BCUT2D eigenvalue weighted by Gasteiger charge is -2.36. The van der Waals surface area contributed by atoms with Crippen molar-refractivity contribution in [3.63, 3.8) is 0 Å². The van der Waals surface area contributed by atoms with Crippen molar-refractivity contribution in [1.82, 2.24) is 20.2 Å². The molecule has 8 nitrogen and oxygen atoms in total. The number of carbonyl (C=O) groups is 2. The first-order chi connectivity index (χ1) is 14.3. The van der Waals surface area contributed by atoms with E-state index < -0.39 is 0 Å². The van der Waals surface area contributed by atoms with Gasteiger partial charge in [0, 0.05) is 7.05 Å². The molecule has 162 valence electrons. The van der Waals surface area contributed by atoms with Crippen LogP contribution in [0.2, 0.25) is 0 Å². The van der Waals surface area contributed by atoms with Gasteiger partial charge in [-0.15, -0.1) is 5.10 Å². The largest absolute Gasteiger partial charge is 0.458 e. The quantitative estimate of drug-likeness (QED) is 0.528. The molecule has 1 N–H and O–H groups in total. The number of carbonyl (C=O) groups excluding carboxylic acids is 2. The molecular formula is C21H29N5O3S. The number of para-hydroxylation sites is 1. The van der Waals surface area contributed by atoms with Crippen LogP contribution in [-0.2, 0) is 16.6 Å². The van der Waals surface area contributed by atoms with Gasteiger partial charge in [0.1, 0.15) is 6.10 Å². The van der Waals surface area contributed by atoms with E-state index in [1.165, 1.54) is 22.9 Å². The fourth-order valence-electron chi connectivity index (χ4n) is 3.88. The van der Waals surface area contributed by atoms with Crippen LogP contribution in [-0.4, -0.2) is 43.9 Å². The lowest BCUT2D eigenvalue weighted by atomic mass is 9.75. The molecule has 0 unspecified atom stereocenters. The molecule has 3 rings (SSSR count). The fourth-order valence-corrected chi connectivity index (χ4v) is 4.53. The van der Waals surface area contributed by atoms with Gasteiger partial charge in [0.15, 0.2) is 0 Å². The van der Waals surface area contributed by atoms with E-state index in [2.05, 4.69) is 41.6 Å². The molecule has 1 aliphatic carbocycles. The second-order valence-corrected chi connectivity index (χ2v) is 9.18. The summed E-state index contributed by atoms with van der Waals surface area (Å²) in [6.07, 6.45) is 3.03. The molecule has 30 heavy (non-hydrogen) atoms. The van der Waals surface area contributed by atoms with E-state index in [9.17, 15) is 9.59 Å². The summed E-state index contributed by atoms with van der Waals surface area (Å²) < 4.78 is 7.45. The van der Waals surface area contributed by atoms with Crippen LogP contribution in [0.15, 0.2) is 29.4 Å². The molecule has 0 radical (unpaired) electrons. The van der Waals surface area contributed by atoms with Crippen LogP contribution >= 0.6 is 11.8 Å². The maximum Gasteiger partial charge on any atom is 0.340 e. The third kappa shape index (κ3) is 5.59. The molecule has 0 aliphatic heterocycles. The van der Waals surface area contributed by atoms with Crippen LogP contribution in [0.4, 0.5) is 5.69 Å². The molecule has 0 bridgehead atoms. The number of thioether (sulfide) groups is 1. The zero-order valence-electron chi connectivity index (χ0n) is 17.9. The minimum absolute atomic E-state index is 0.0935. The maximum atomic E-state index is 13.0. The van der Waals surface area contributed by atoms with E-state index in [4.69, 9.17) is 4.74 Å². The highest BCUT2D eigenvalue weighted by molar-refractivity contribution is 7.99. The van der Waals surface area contributed by atoms with E-state index in [1.807, 2.05) is 0 Å². The van der Waals surface area contributed by atoms with Crippen LogP contribution in [0.5, 0.6) is 0 Å². The highest BCUT2D eigenvalue weighted by atomic mass is 32.2. The van der Waals surface area contributed by atoms with Crippen molar-refractivity contribution in [2.24, 2.45) is 24.8 Å². The number of aromatic nitrogens is 4. The Morgan fingerprint density at radius 2 is 2.07 bits per heavy atom. The Morgan fingerprint density at radius 1 is 1.30 bits per heavy atom. The standard InChI is InChI=1S/C21H29N5O3S/c1-13(2)15-10-9-14(3)11-18(15)29-20(28)16-7-5-6-8-17(16)22-19(27)12-30-21-23-24-25-26(21)4/h5-8,13-15,18H,9-12H2,1-4H3,(H,22,27)/t14-,15+,18-/m0/s1. The van der Waals surface area contributed by atoms with Crippen molar-refractivity contribution in [3.05, 3.63) is 29.8 Å². The Labute approximate surface area is 181 Å². The van der Waals surface area contributed by atoms with Crippen molar-refractivity contribution in [2.75, 3.05) is 11.1 Å². The number of amides is 1. The number of nitrogens with one attached hydrogen (secondary N) is 1. The topological polar surface area (TPSA) is 99.0 Å². The van der Waals surface area contributed by atoms with Crippen LogP contribution < -0.4 is 5.32 Å². The van der Waals surface area contributed by atoms with Crippen LogP contribution in [0.1, 0.15) is 50.4 Å². The number of anilines is 1. The zero-order chi connectivity index (χ0) is 21.7. The van der Waals surface area contributed by atoms with Gasteiger partial charge >= 0.3 is 5.97 Å². The van der Waals surface area contributed by atoms with E-state index in [1.54, 1.807) is 31.3 Å². The molecule has 1 fully saturated rings. The molecule has 0 saturated heterocycles. The van der Waals surface area contributed by atoms with Crippen LogP contribution in [0.3, 0.4) is 0 Å². The van der Waals surface area contributed by atoms with Crippen molar-refractivity contribution >= 4 is 29.3 Å². The number of tetrazole rings is 1. The Balaban J connectivity index is 1.65. The van der Waals surface area contributed by atoms with Gasteiger partial charge in [-0.2, -0.15) is 0 Å². The maximum absolute atomic E-state index is 13.0. The normalized spacial score (nSPS) is 21.4. The highest BCUT2D eigenvalue weighted by Crippen LogP contribution is 2.36. The van der Waals surface area contributed by atoms with Crippen molar-refractivity contribution in [2.45, 2.75) is 51.3 Å². The number of rotatable bonds is 7. The number of esters is 1. The zero-order valence-corrected chi connectivity index (χ0v) is 18.7. The van der Waals surface area contributed by atoms with Gasteiger partial charge in [-0.05, 0) is 53.2 Å². The van der Waals surface area contributed by atoms with Crippen LogP contribution in [0, 0.1) is 17.8 Å². The summed E-state index contributed by atoms with van der Waals surface area (Å²) >= 11 is 1.23. The third-order valence-electron chi connectivity index (χ3n) is 5.55. The Bertz CT molecular complexity index is 885. The molecule has 2 aromatic rings. The number of benzene rings is 1. The lowest BCUT2D eigenvalue weighted by molar-refractivity contribution is -0.113. The first-order valence-corrected chi connectivity index (χ1v) is 11.3. The molecule has 3 atom stereocenters. The minimum atomic E-state index is -0.388. The minimum Gasteiger partial charge on any atom is -0.458 e. The molecule has 1 heterocycles. The van der Waals surface area contributed by atoms with E-state index in [0.29, 0.717) is 34.2 Å². The Morgan fingerprint density at radius 3 is 2.77 bits per heavy atom. The summed E-state index contributed by atoms with van der Waals surface area (Å²) in [5, 5.41) is 14.5. The number of nitrogens with zero attached hydrogens (tertiary/aromatic N) is 4. The monoisotopic (exact) mass is 431 g/mol. The predicted molar refractivity (Wildman–Crippen MR) is 115 cm³/mol. The van der Waals surface area contributed by atoms with E-state index in [0.717, 1.165) is 12.8 Å². The number of aryl methyl sites for hydroxylation is 1. The molecule has 1 aromatic carbocycles. The first-order valence-electron chi connectivity index (χ1n) is 10.3. The average Bonchev–Trinajstić information content (AvgIpc) is 3.11. The van der Waals surface area contributed by atoms with Crippen molar-refractivity contribution < 1.29 is 14.3 Å². The molecule has 1 amide bonds. The number of hydrogen-bond acceptors (Lipinski definition) is 7. The first kappa shape index (κ1) is 22.3. The SMILES string of the molecule is CC(C)[C@H]1CC[C@H](C)C[C@@H]1OC(=O)c1ccccc1NC(=O)CSc1nnnn1C. The van der Waals surface area contributed by atoms with Gasteiger partial charge < -0.3 is 10.1 Å². The summed E-state index contributed by atoms with van der Waals surface area (Å²) in [4.78, 5) is 25.4. The third-order valence-corrected chi connectivity index (χ3v) is 6.57. The van der Waals surface area contributed by atoms with E-state index >= 15 is 0 Å². The summed E-state index contributed by atoms with van der Waals surface area (Å²) in [7, 11) is 1.71. The smallest absolute Gasteiger partial charge is 0.340 e. The fraction of sp³-hybridized carbons (Fsp3) is 0.571. The lowest BCUT2D eigenvalue weighted by Crippen LogP contribution is -2.36. The van der Waals surface area contributed by atoms with Gasteiger partial charge in [0.2, 0.25) is 11.1 Å². The van der Waals surface area contributed by atoms with E-state index in [-0.39, 0.29) is 23.7 Å². The summed E-state index contributed by atoms with van der Waals surface area (Å²) in [6, 6.07) is 6.96. The van der Waals surface area contributed by atoms with Gasteiger partial charge in [-0.1, -0.05) is 51.1 Å². The van der Waals surface area contributed by atoms with Gasteiger partial charge in [0.05, 0.1) is 17.0 Å². The van der Waals surface area contributed by atoms with Gasteiger partial charge in [-0.3, -0.25) is 4.79 Å². The predicted octanol–water partition coefficient (Wildman–Crippen LogP) is 3.56. The van der Waals surface area contributed by atoms with Crippen molar-refractivity contribution in [3.8, 4) is 0 Å². The number of ether oxygens (including phenoxy) is 1. The Kier molecular flexibility index (Phi) is 7.47. The Hall–Kier alpha value is -2.42. The van der Waals surface area contributed by atoms with Crippen LogP contribution in [0.25, 0.3) is 0 Å². The summed E-state index contributed by atoms with van der Waals surface area (Å²) in [5.74, 6) is 0.864. The molecule has 1 aromatic heterocycles. The highest BCUT2D eigenvalue weighted by Gasteiger charge is 2.34. The molecule has 0 spiro atoms. The molecule has 1 saturated carbocycles. The summed E-state index contributed by atoms with van der Waals surface area (Å²) in [6.45, 7) is 6.57. The molecular weight excluding hydrogens is 402 g/mol. The number of hydrogen-bond donors (Lipinski definition) is 1. The van der Waals surface area contributed by atoms with Crippen molar-refractivity contribution in [1.29, 1.82) is 0 Å². The van der Waals surface area contributed by atoms with Gasteiger partial charge in [-0.25, -0.2) is 9.48 Å². The van der Waals surface area contributed by atoms with Gasteiger partial charge in [0.25, 0.3) is 0 Å². The summed E-state index contributed by atoms with van der Waals surface area (Å²) in [5.41, 5.74) is 0.825. The second-order valence-electron chi connectivity index (χ2n) is 8.24.